The molecular weight excluding hydrogens is 1440 g/mol. The van der Waals surface area contributed by atoms with Crippen molar-refractivity contribution in [1.29, 1.82) is 0 Å². The molecule has 0 radical (unpaired) electrons. The van der Waals surface area contributed by atoms with Crippen LogP contribution in [-0.4, -0.2) is 349 Å². The third-order valence-corrected chi connectivity index (χ3v) is 18.8. The lowest BCUT2D eigenvalue weighted by Gasteiger charge is -2.42. The van der Waals surface area contributed by atoms with Crippen molar-refractivity contribution in [3.05, 3.63) is 0 Å². The van der Waals surface area contributed by atoms with Gasteiger partial charge in [-0.2, -0.15) is 0 Å². The molecule has 0 aromatic carbocycles. The molecule has 0 spiro atoms. The van der Waals surface area contributed by atoms with E-state index < -0.39 is 159 Å². The van der Waals surface area contributed by atoms with Crippen LogP contribution in [0, 0.1) is 16.7 Å². The highest BCUT2D eigenvalue weighted by atomic mass is 16.7. The normalized spacial score (nSPS) is 27.0. The van der Waals surface area contributed by atoms with Crippen LogP contribution in [0.1, 0.15) is 132 Å². The molecule has 109 heavy (non-hydrogen) atoms. The van der Waals surface area contributed by atoms with Crippen molar-refractivity contribution in [2.45, 2.75) is 236 Å². The van der Waals surface area contributed by atoms with Gasteiger partial charge in [0.25, 0.3) is 0 Å². The molecule has 1 saturated carbocycles. The van der Waals surface area contributed by atoms with Gasteiger partial charge >= 0.3 is 0 Å². The number of aliphatic hydroxyl groups excluding tert-OH is 9. The number of nitrogens with one attached hydrogen (secondary N) is 8. The number of carbonyl (C=O) groups excluding carboxylic acids is 8. The second-order valence-corrected chi connectivity index (χ2v) is 29.5. The Balaban J connectivity index is 1.35. The van der Waals surface area contributed by atoms with Crippen molar-refractivity contribution in [2.75, 3.05) is 152 Å². The molecule has 4 fully saturated rings. The maximum atomic E-state index is 14.2. The minimum Gasteiger partial charge on any atom is -0.394 e. The molecule has 3 aliphatic heterocycles. The fourth-order valence-electron chi connectivity index (χ4n) is 13.0. The first-order valence-electron chi connectivity index (χ1n) is 37.8. The second-order valence-electron chi connectivity index (χ2n) is 29.5. The van der Waals surface area contributed by atoms with Crippen molar-refractivity contribution in [3.8, 4) is 0 Å². The smallest absolute Gasteiger partial charge is 0.220 e. The molecule has 0 aromatic heterocycles. The van der Waals surface area contributed by atoms with Gasteiger partial charge in [-0.1, -0.05) is 34.6 Å². The summed E-state index contributed by atoms with van der Waals surface area (Å²) in [7, 11) is 0. The summed E-state index contributed by atoms with van der Waals surface area (Å²) in [5.74, 6) is -3.01. The van der Waals surface area contributed by atoms with Crippen molar-refractivity contribution in [3.63, 3.8) is 0 Å². The van der Waals surface area contributed by atoms with E-state index in [1.165, 1.54) is 20.8 Å². The largest absolute Gasteiger partial charge is 0.394 e. The molecule has 4 aliphatic rings. The van der Waals surface area contributed by atoms with Crippen LogP contribution >= 0.6 is 0 Å². The van der Waals surface area contributed by atoms with Crippen molar-refractivity contribution >= 4 is 47.3 Å². The van der Waals surface area contributed by atoms with Gasteiger partial charge in [-0.3, -0.25) is 38.4 Å². The van der Waals surface area contributed by atoms with Crippen LogP contribution in [0.2, 0.25) is 0 Å². The molecule has 8 amide bonds. The topological polar surface area (TPSA) is 535 Å². The third-order valence-electron chi connectivity index (χ3n) is 18.8. The Bertz CT molecular complexity index is 2450. The summed E-state index contributed by atoms with van der Waals surface area (Å²) in [6, 6.07) is -3.36. The van der Waals surface area contributed by atoms with Gasteiger partial charge in [-0.25, -0.2) is 0 Å². The van der Waals surface area contributed by atoms with Crippen LogP contribution in [0.3, 0.4) is 0 Å². The van der Waals surface area contributed by atoms with E-state index in [9.17, 15) is 84.3 Å². The van der Waals surface area contributed by atoms with Crippen LogP contribution in [0.25, 0.3) is 0 Å². The lowest BCUT2D eigenvalue weighted by atomic mass is 9.75. The Kier molecular flexibility index (Phi) is 45.5. The van der Waals surface area contributed by atoms with Crippen LogP contribution in [0.4, 0.5) is 0 Å². The predicted octanol–water partition coefficient (Wildman–Crippen LogP) is -4.94. The highest BCUT2D eigenvalue weighted by molar-refractivity contribution is 5.81. The van der Waals surface area contributed by atoms with Gasteiger partial charge in [0, 0.05) is 84.6 Å². The summed E-state index contributed by atoms with van der Waals surface area (Å²) in [4.78, 5) is 104. The zero-order chi connectivity index (χ0) is 80.5. The fraction of sp³-hybridized carbons (Fsp3) is 0.887. The molecule has 17 atom stereocenters. The summed E-state index contributed by atoms with van der Waals surface area (Å²) in [5.41, 5.74) is -1.76. The lowest BCUT2D eigenvalue weighted by Crippen LogP contribution is -2.64. The van der Waals surface area contributed by atoms with Crippen LogP contribution in [0.5, 0.6) is 0 Å². The first-order chi connectivity index (χ1) is 51.8. The number of rotatable bonds is 57. The van der Waals surface area contributed by atoms with E-state index >= 15 is 0 Å². The van der Waals surface area contributed by atoms with Gasteiger partial charge in [-0.05, 0) is 61.7 Å². The van der Waals surface area contributed by atoms with Gasteiger partial charge in [0.15, 0.2) is 18.9 Å². The molecule has 4 rings (SSSR count). The Morgan fingerprint density at radius 2 is 0.716 bits per heavy atom. The summed E-state index contributed by atoms with van der Waals surface area (Å²) < 4.78 is 73.6. The summed E-state index contributed by atoms with van der Waals surface area (Å²) in [5, 5.41) is 113. The van der Waals surface area contributed by atoms with Gasteiger partial charge in [0.05, 0.1) is 132 Å². The van der Waals surface area contributed by atoms with Gasteiger partial charge in [0.2, 0.25) is 47.3 Å². The highest BCUT2D eigenvalue weighted by Crippen LogP contribution is 2.37. The molecule has 0 bridgehead atoms. The van der Waals surface area contributed by atoms with Crippen molar-refractivity contribution in [2.24, 2.45) is 16.7 Å². The van der Waals surface area contributed by atoms with Crippen LogP contribution < -0.4 is 42.5 Å². The summed E-state index contributed by atoms with van der Waals surface area (Å²) >= 11 is 0. The van der Waals surface area contributed by atoms with E-state index in [2.05, 4.69) is 77.2 Å². The molecule has 3 saturated heterocycles. The van der Waals surface area contributed by atoms with Gasteiger partial charge < -0.3 is 150 Å². The van der Waals surface area contributed by atoms with E-state index in [1.807, 2.05) is 0 Å². The maximum Gasteiger partial charge on any atom is 0.220 e. The molecule has 17 N–H and O–H groups in total. The second kappa shape index (κ2) is 51.6. The SMILES string of the molecule is CC(=O)NC1C(OCCOCCOCCNC(=O)CCC(CCC(=O)NCCOCCOCCOC2OC(CO)C(O)C(O)C2NC(C)=O)(CCC(=O)NCCOCCOCCOC2OC(CO)C(O)C(O)C2NC(C)=O)NC(=O)CCCC(=O)NCC(C)(C)CC(C)(C)COC2CCC2C)OC(CO)C(O)C1O. The zero-order valence-corrected chi connectivity index (χ0v) is 64.7. The molecule has 17 unspecified atom stereocenters. The number of ether oxygens (including phenoxy) is 13. The average Bonchev–Trinajstić information content (AvgIpc) is 0.819. The van der Waals surface area contributed by atoms with Crippen molar-refractivity contribution in [1.82, 2.24) is 42.5 Å². The molecule has 38 heteroatoms. The van der Waals surface area contributed by atoms with E-state index in [1.54, 1.807) is 0 Å². The van der Waals surface area contributed by atoms with E-state index in [0.717, 1.165) is 19.3 Å². The molecule has 38 nitrogen and oxygen atoms in total. The average molecular weight is 1570 g/mol. The summed E-state index contributed by atoms with van der Waals surface area (Å²) in [6.45, 7) is 14.5. The molecular formula is C71H128N8O30. The van der Waals surface area contributed by atoms with E-state index in [4.69, 9.17) is 61.6 Å². The monoisotopic (exact) mass is 1570 g/mol. The van der Waals surface area contributed by atoms with Gasteiger partial charge in [0.1, 0.15) is 73.1 Å². The molecule has 632 valence electrons. The number of hydrogen-bond donors (Lipinski definition) is 17. The number of carbonyl (C=O) groups is 8. The standard InChI is InChI=1S/C71H128N8O30/c1-44-12-13-48(44)106-43-70(7,8)41-69(5,6)42-75-52(86)10-9-11-56(90)79-71(17-14-53(87)72-20-23-97-26-29-100-32-35-103-66-57(76-45(2)83)63(94)60(91)49(38-80)107-66,18-15-54(88)73-21-24-98-27-30-101-33-36-104-67-58(77-46(3)84)64(95)61(92)50(39-81)108-67)19-16-55(89)74-22-25-99-28-31-102-34-37-105-68-59(78-47(4)85)65(96)62(93)51(40-82)109-68/h44,48-51,57-68,80-82,91-96H,9-43H2,1-8H3,(H,72,87)(H,73,88)(H,74,89)(H,75,86)(H,76,83)(H,77,84)(H,78,85)(H,79,90). The predicted molar refractivity (Wildman–Crippen MR) is 384 cm³/mol. The number of hydrogen-bond acceptors (Lipinski definition) is 30. The highest BCUT2D eigenvalue weighted by Gasteiger charge is 2.48. The number of amides is 8. The molecule has 0 aromatic rings. The maximum absolute atomic E-state index is 14.2. The van der Waals surface area contributed by atoms with Crippen molar-refractivity contribution < 1.29 is 146 Å². The minimum absolute atomic E-state index is 0.0235. The quantitative estimate of drug-likeness (QED) is 0.0254. The van der Waals surface area contributed by atoms with E-state index in [0.29, 0.717) is 19.1 Å². The number of aliphatic hydroxyl groups is 9. The Hall–Kier alpha value is -5.12. The Morgan fingerprint density at radius 1 is 0.394 bits per heavy atom. The van der Waals surface area contributed by atoms with Crippen LogP contribution in [0.15, 0.2) is 0 Å². The Morgan fingerprint density at radius 3 is 1.03 bits per heavy atom. The van der Waals surface area contributed by atoms with Crippen LogP contribution in [-0.2, 0) is 99.9 Å². The zero-order valence-electron chi connectivity index (χ0n) is 64.7. The lowest BCUT2D eigenvalue weighted by molar-refractivity contribution is -0.272. The Labute approximate surface area is 638 Å². The first kappa shape index (κ1) is 96.3. The van der Waals surface area contributed by atoms with E-state index in [-0.39, 0.29) is 199 Å². The molecule has 3 heterocycles. The fourth-order valence-corrected chi connectivity index (χ4v) is 13.0. The molecule has 1 aliphatic carbocycles. The summed E-state index contributed by atoms with van der Waals surface area (Å²) in [6.07, 6.45) is -13.2. The first-order valence-corrected chi connectivity index (χ1v) is 37.8. The minimum atomic E-state index is -1.48. The van der Waals surface area contributed by atoms with Gasteiger partial charge in [-0.15, -0.1) is 0 Å². The third kappa shape index (κ3) is 37.1.